The number of likely N-dealkylation sites (tertiary alicyclic amines) is 1. The molecule has 1 aliphatic rings. The van der Waals surface area contributed by atoms with Crippen LogP contribution in [0.3, 0.4) is 0 Å². The Bertz CT molecular complexity index is 620. The number of hydrogen-bond acceptors (Lipinski definition) is 5. The van der Waals surface area contributed by atoms with Gasteiger partial charge in [0.05, 0.1) is 12.1 Å². The fourth-order valence-electron chi connectivity index (χ4n) is 3.33. The molecule has 0 saturated carbocycles. The number of rotatable bonds is 7. The Balaban J connectivity index is 1.66. The molecule has 2 aromatic rings. The lowest BCUT2D eigenvalue weighted by atomic mass is 10.0. The first-order valence-corrected chi connectivity index (χ1v) is 9.58. The van der Waals surface area contributed by atoms with Gasteiger partial charge in [0.1, 0.15) is 5.75 Å². The summed E-state index contributed by atoms with van der Waals surface area (Å²) in [6.45, 7) is 6.30. The molecule has 1 saturated heterocycles. The molecule has 1 N–H and O–H groups in total. The molecule has 0 spiro atoms. The third-order valence-electron chi connectivity index (χ3n) is 4.64. The van der Waals surface area contributed by atoms with Crippen molar-refractivity contribution in [2.45, 2.75) is 38.8 Å². The standard InChI is InChI=1S/C19H27N3OS/c1-15-21-13-18(24-15)12-20-14-19(22-10-4-3-5-11-22)16-6-8-17(23-2)9-7-16/h6-9,13,19-20H,3-5,10-12,14H2,1-2H3. The quantitative estimate of drug-likeness (QED) is 0.829. The number of benzene rings is 1. The Morgan fingerprint density at radius 2 is 1.96 bits per heavy atom. The molecule has 4 nitrogen and oxygen atoms in total. The van der Waals surface area contributed by atoms with E-state index in [9.17, 15) is 0 Å². The van der Waals surface area contributed by atoms with Gasteiger partial charge in [-0.15, -0.1) is 11.3 Å². The van der Waals surface area contributed by atoms with E-state index in [4.69, 9.17) is 4.74 Å². The smallest absolute Gasteiger partial charge is 0.118 e. The van der Waals surface area contributed by atoms with Crippen LogP contribution in [0.2, 0.25) is 0 Å². The van der Waals surface area contributed by atoms with Crippen LogP contribution in [0, 0.1) is 6.92 Å². The third kappa shape index (κ3) is 4.56. The minimum Gasteiger partial charge on any atom is -0.497 e. The Labute approximate surface area is 148 Å². The van der Waals surface area contributed by atoms with Crippen molar-refractivity contribution in [2.24, 2.45) is 0 Å². The van der Waals surface area contributed by atoms with Crippen LogP contribution in [-0.4, -0.2) is 36.6 Å². The monoisotopic (exact) mass is 345 g/mol. The molecule has 130 valence electrons. The number of hydrogen-bond donors (Lipinski definition) is 1. The van der Waals surface area contributed by atoms with Gasteiger partial charge in [-0.05, 0) is 50.6 Å². The van der Waals surface area contributed by atoms with Gasteiger partial charge in [0.15, 0.2) is 0 Å². The summed E-state index contributed by atoms with van der Waals surface area (Å²) in [7, 11) is 1.72. The molecule has 1 atom stereocenters. The maximum atomic E-state index is 5.30. The van der Waals surface area contributed by atoms with Gasteiger partial charge in [-0.25, -0.2) is 4.98 Å². The van der Waals surface area contributed by atoms with Gasteiger partial charge < -0.3 is 10.1 Å². The second kappa shape index (κ2) is 8.60. The van der Waals surface area contributed by atoms with Crippen LogP contribution >= 0.6 is 11.3 Å². The van der Waals surface area contributed by atoms with Crippen LogP contribution in [0.15, 0.2) is 30.5 Å². The Kier molecular flexibility index (Phi) is 6.24. The highest BCUT2D eigenvalue weighted by molar-refractivity contribution is 7.11. The molecule has 3 rings (SSSR count). The van der Waals surface area contributed by atoms with Gasteiger partial charge in [0.25, 0.3) is 0 Å². The molecular weight excluding hydrogens is 318 g/mol. The minimum atomic E-state index is 0.422. The van der Waals surface area contributed by atoms with Crippen molar-refractivity contribution < 1.29 is 4.74 Å². The van der Waals surface area contributed by atoms with Crippen molar-refractivity contribution in [1.82, 2.24) is 15.2 Å². The Hall–Kier alpha value is -1.43. The summed E-state index contributed by atoms with van der Waals surface area (Å²) < 4.78 is 5.30. The van der Waals surface area contributed by atoms with E-state index in [1.165, 1.54) is 42.8 Å². The summed E-state index contributed by atoms with van der Waals surface area (Å²) in [6.07, 6.45) is 5.96. The maximum absolute atomic E-state index is 5.30. The van der Waals surface area contributed by atoms with Crippen molar-refractivity contribution >= 4 is 11.3 Å². The van der Waals surface area contributed by atoms with Gasteiger partial charge in [-0.3, -0.25) is 4.90 Å². The molecule has 0 amide bonds. The number of aryl methyl sites for hydroxylation is 1. The average Bonchev–Trinajstić information content (AvgIpc) is 3.05. The largest absolute Gasteiger partial charge is 0.497 e. The van der Waals surface area contributed by atoms with Crippen molar-refractivity contribution in [2.75, 3.05) is 26.7 Å². The molecule has 1 unspecified atom stereocenters. The molecule has 1 aliphatic heterocycles. The number of thiazole rings is 1. The molecule has 0 bridgehead atoms. The highest BCUT2D eigenvalue weighted by Gasteiger charge is 2.22. The second-order valence-electron chi connectivity index (χ2n) is 6.36. The van der Waals surface area contributed by atoms with Gasteiger partial charge >= 0.3 is 0 Å². The van der Waals surface area contributed by atoms with Crippen LogP contribution in [0.1, 0.15) is 40.8 Å². The van der Waals surface area contributed by atoms with Crippen molar-refractivity contribution in [3.63, 3.8) is 0 Å². The van der Waals surface area contributed by atoms with E-state index in [1.807, 2.05) is 6.20 Å². The Morgan fingerprint density at radius 3 is 2.58 bits per heavy atom. The zero-order chi connectivity index (χ0) is 16.8. The number of piperidine rings is 1. The van der Waals surface area contributed by atoms with Crippen LogP contribution < -0.4 is 10.1 Å². The molecule has 1 aromatic carbocycles. The fourth-order valence-corrected chi connectivity index (χ4v) is 4.10. The van der Waals surface area contributed by atoms with E-state index in [0.717, 1.165) is 23.8 Å². The highest BCUT2D eigenvalue weighted by atomic mass is 32.1. The normalized spacial score (nSPS) is 16.9. The molecule has 5 heteroatoms. The zero-order valence-corrected chi connectivity index (χ0v) is 15.4. The number of ether oxygens (including phenoxy) is 1. The zero-order valence-electron chi connectivity index (χ0n) is 14.6. The fraction of sp³-hybridized carbons (Fsp3) is 0.526. The van der Waals surface area contributed by atoms with E-state index in [2.05, 4.69) is 46.4 Å². The van der Waals surface area contributed by atoms with Gasteiger partial charge in [-0.2, -0.15) is 0 Å². The van der Waals surface area contributed by atoms with Crippen LogP contribution in [-0.2, 0) is 6.54 Å². The van der Waals surface area contributed by atoms with Gasteiger partial charge in [0.2, 0.25) is 0 Å². The summed E-state index contributed by atoms with van der Waals surface area (Å²) in [6, 6.07) is 8.97. The number of aromatic nitrogens is 1. The van der Waals surface area contributed by atoms with E-state index in [1.54, 1.807) is 18.4 Å². The van der Waals surface area contributed by atoms with Crippen LogP contribution in [0.5, 0.6) is 5.75 Å². The van der Waals surface area contributed by atoms with Gasteiger partial charge in [0, 0.05) is 30.2 Å². The lowest BCUT2D eigenvalue weighted by Crippen LogP contribution is -2.38. The van der Waals surface area contributed by atoms with E-state index >= 15 is 0 Å². The van der Waals surface area contributed by atoms with E-state index in [-0.39, 0.29) is 0 Å². The first kappa shape index (κ1) is 17.4. The molecule has 1 fully saturated rings. The minimum absolute atomic E-state index is 0.422. The lowest BCUT2D eigenvalue weighted by Gasteiger charge is -2.35. The van der Waals surface area contributed by atoms with Crippen LogP contribution in [0.4, 0.5) is 0 Å². The predicted molar refractivity (Wildman–Crippen MR) is 99.7 cm³/mol. The molecule has 0 aliphatic carbocycles. The lowest BCUT2D eigenvalue weighted by molar-refractivity contribution is 0.160. The van der Waals surface area contributed by atoms with Gasteiger partial charge in [-0.1, -0.05) is 18.6 Å². The molecule has 1 aromatic heterocycles. The first-order valence-electron chi connectivity index (χ1n) is 8.76. The van der Waals surface area contributed by atoms with E-state index in [0.29, 0.717) is 6.04 Å². The summed E-state index contributed by atoms with van der Waals surface area (Å²) >= 11 is 1.77. The second-order valence-corrected chi connectivity index (χ2v) is 7.68. The van der Waals surface area contributed by atoms with Crippen molar-refractivity contribution in [1.29, 1.82) is 0 Å². The summed E-state index contributed by atoms with van der Waals surface area (Å²) in [5, 5.41) is 4.77. The highest BCUT2D eigenvalue weighted by Crippen LogP contribution is 2.26. The predicted octanol–water partition coefficient (Wildman–Crippen LogP) is 3.78. The number of nitrogens with one attached hydrogen (secondary N) is 1. The average molecular weight is 346 g/mol. The summed E-state index contributed by atoms with van der Waals surface area (Å²) in [4.78, 5) is 8.26. The summed E-state index contributed by atoms with van der Waals surface area (Å²) in [5.74, 6) is 0.921. The third-order valence-corrected chi connectivity index (χ3v) is 5.55. The Morgan fingerprint density at radius 1 is 1.21 bits per heavy atom. The topological polar surface area (TPSA) is 37.4 Å². The number of methoxy groups -OCH3 is 1. The van der Waals surface area contributed by atoms with E-state index < -0.39 is 0 Å². The molecule has 0 radical (unpaired) electrons. The molecule has 24 heavy (non-hydrogen) atoms. The maximum Gasteiger partial charge on any atom is 0.118 e. The van der Waals surface area contributed by atoms with Crippen LogP contribution in [0.25, 0.3) is 0 Å². The SMILES string of the molecule is COc1ccc(C(CNCc2cnc(C)s2)N2CCCCC2)cc1. The molecule has 2 heterocycles. The molecular formula is C19H27N3OS. The van der Waals surface area contributed by atoms with Crippen molar-refractivity contribution in [3.05, 3.63) is 45.9 Å². The first-order chi connectivity index (χ1) is 11.8. The number of nitrogens with zero attached hydrogens (tertiary/aromatic N) is 2. The van der Waals surface area contributed by atoms with Crippen molar-refractivity contribution in [3.8, 4) is 5.75 Å². The summed E-state index contributed by atoms with van der Waals surface area (Å²) in [5.41, 5.74) is 1.37.